The monoisotopic (exact) mass is 771 g/mol. The van der Waals surface area contributed by atoms with E-state index in [0.717, 1.165) is 57.8 Å². The Morgan fingerprint density at radius 1 is 0.491 bits per heavy atom. The van der Waals surface area contributed by atoms with Crippen LogP contribution in [0.2, 0.25) is 0 Å². The summed E-state index contributed by atoms with van der Waals surface area (Å²) in [5, 5.41) is 0. The molecule has 0 saturated heterocycles. The fourth-order valence-corrected chi connectivity index (χ4v) is 6.78. The van der Waals surface area contributed by atoms with Gasteiger partial charge in [-0.1, -0.05) is 199 Å². The summed E-state index contributed by atoms with van der Waals surface area (Å²) in [5.74, 6) is -0.892. The molecule has 2 N–H and O–H groups in total. The van der Waals surface area contributed by atoms with Crippen molar-refractivity contribution in [3.63, 3.8) is 0 Å². The van der Waals surface area contributed by atoms with Crippen molar-refractivity contribution < 1.29 is 37.9 Å². The molecule has 0 aliphatic carbocycles. The number of unbranched alkanes of at least 4 members (excludes halogenated alkanes) is 28. The van der Waals surface area contributed by atoms with E-state index in [2.05, 4.69) is 42.7 Å². The van der Waals surface area contributed by atoms with E-state index in [0.29, 0.717) is 6.42 Å². The SMILES string of the molecule is CCCCCC/C=C/C=C/CCCCCCCC(=O)O[C@H](COC(=O)CCCCCCCCCCCCCCCCCCCCCC)COP(=O)(O)O. The number of hydrogen-bond donors (Lipinski definition) is 2. The third-order valence-electron chi connectivity index (χ3n) is 9.75. The number of ether oxygens (including phenoxy) is 2. The Morgan fingerprint density at radius 2 is 0.830 bits per heavy atom. The minimum Gasteiger partial charge on any atom is -0.462 e. The summed E-state index contributed by atoms with van der Waals surface area (Å²) in [7, 11) is -4.76. The van der Waals surface area contributed by atoms with Gasteiger partial charge in [-0.2, -0.15) is 0 Å². The van der Waals surface area contributed by atoms with Gasteiger partial charge in [0.15, 0.2) is 6.10 Å². The van der Waals surface area contributed by atoms with Gasteiger partial charge in [-0.05, 0) is 38.5 Å². The molecule has 0 fully saturated rings. The molecular weight excluding hydrogens is 687 g/mol. The van der Waals surface area contributed by atoms with Gasteiger partial charge < -0.3 is 19.3 Å². The molecule has 53 heavy (non-hydrogen) atoms. The van der Waals surface area contributed by atoms with Crippen LogP contribution >= 0.6 is 7.82 Å². The molecular formula is C44H83O8P. The van der Waals surface area contributed by atoms with Gasteiger partial charge in [0.1, 0.15) is 6.61 Å². The Hall–Kier alpha value is -1.47. The Balaban J connectivity index is 3.86. The van der Waals surface area contributed by atoms with Gasteiger partial charge in [0.25, 0.3) is 0 Å². The standard InChI is InChI=1S/C44H83O8P/c1-3-5-7-9-11-13-15-17-19-20-21-22-23-25-26-28-30-32-34-36-38-43(45)50-40-42(41-51-53(47,48)49)52-44(46)39-37-35-33-31-29-27-24-18-16-14-12-10-8-6-4-2/h14,16,18,24,42H,3-13,15,17,19-23,25-41H2,1-2H3,(H2,47,48,49)/b16-14+,24-18+/t42-/m1/s1. The van der Waals surface area contributed by atoms with Crippen LogP contribution in [0.5, 0.6) is 0 Å². The largest absolute Gasteiger partial charge is 0.469 e. The minimum absolute atomic E-state index is 0.197. The zero-order valence-electron chi connectivity index (χ0n) is 34.4. The van der Waals surface area contributed by atoms with E-state index in [1.54, 1.807) is 0 Å². The van der Waals surface area contributed by atoms with Crippen LogP contribution < -0.4 is 0 Å². The zero-order chi connectivity index (χ0) is 38.9. The summed E-state index contributed by atoms with van der Waals surface area (Å²) in [5.41, 5.74) is 0. The van der Waals surface area contributed by atoms with E-state index in [4.69, 9.17) is 19.3 Å². The summed E-state index contributed by atoms with van der Waals surface area (Å²) in [6.07, 6.45) is 46.2. The lowest BCUT2D eigenvalue weighted by atomic mass is 10.0. The van der Waals surface area contributed by atoms with Crippen molar-refractivity contribution in [3.8, 4) is 0 Å². The fourth-order valence-electron chi connectivity index (χ4n) is 6.42. The van der Waals surface area contributed by atoms with E-state index in [9.17, 15) is 14.2 Å². The van der Waals surface area contributed by atoms with Crippen LogP contribution in [0.3, 0.4) is 0 Å². The molecule has 0 aromatic rings. The molecule has 0 amide bonds. The molecule has 0 radical (unpaired) electrons. The van der Waals surface area contributed by atoms with Crippen molar-refractivity contribution in [2.24, 2.45) is 0 Å². The van der Waals surface area contributed by atoms with Crippen LogP contribution in [0.15, 0.2) is 24.3 Å². The third kappa shape index (κ3) is 43.1. The molecule has 9 heteroatoms. The molecule has 0 aliphatic rings. The van der Waals surface area contributed by atoms with E-state index in [1.165, 1.54) is 135 Å². The van der Waals surface area contributed by atoms with Crippen molar-refractivity contribution in [1.82, 2.24) is 0 Å². The second-order valence-corrected chi connectivity index (χ2v) is 16.3. The first-order chi connectivity index (χ1) is 25.8. The Kier molecular flexibility index (Phi) is 39.1. The Labute approximate surface area is 326 Å². The normalized spacial score (nSPS) is 12.6. The van der Waals surface area contributed by atoms with Crippen LogP contribution in [0, 0.1) is 0 Å². The Bertz CT molecular complexity index is 915. The molecule has 0 bridgehead atoms. The van der Waals surface area contributed by atoms with Gasteiger partial charge >= 0.3 is 19.8 Å². The maximum absolute atomic E-state index is 12.4. The molecule has 0 spiro atoms. The molecule has 0 saturated carbocycles. The van der Waals surface area contributed by atoms with Crippen LogP contribution in [0.1, 0.15) is 226 Å². The first-order valence-electron chi connectivity index (χ1n) is 22.1. The van der Waals surface area contributed by atoms with Crippen LogP contribution in [0.4, 0.5) is 0 Å². The summed E-state index contributed by atoms with van der Waals surface area (Å²) >= 11 is 0. The number of phosphoric acid groups is 1. The van der Waals surface area contributed by atoms with Gasteiger partial charge in [0, 0.05) is 12.8 Å². The van der Waals surface area contributed by atoms with Gasteiger partial charge in [-0.3, -0.25) is 14.1 Å². The number of carbonyl (C=O) groups excluding carboxylic acids is 2. The highest BCUT2D eigenvalue weighted by Crippen LogP contribution is 2.36. The maximum Gasteiger partial charge on any atom is 0.469 e. The number of rotatable bonds is 41. The van der Waals surface area contributed by atoms with Crippen molar-refractivity contribution in [2.75, 3.05) is 13.2 Å². The minimum atomic E-state index is -4.76. The molecule has 0 rings (SSSR count). The van der Waals surface area contributed by atoms with Gasteiger partial charge in [-0.15, -0.1) is 0 Å². The quantitative estimate of drug-likeness (QED) is 0.0273. The number of esters is 2. The van der Waals surface area contributed by atoms with Crippen molar-refractivity contribution >= 4 is 19.8 Å². The molecule has 8 nitrogen and oxygen atoms in total. The first kappa shape index (κ1) is 51.5. The number of carbonyl (C=O) groups is 2. The van der Waals surface area contributed by atoms with E-state index in [1.807, 2.05) is 0 Å². The molecule has 312 valence electrons. The van der Waals surface area contributed by atoms with Crippen molar-refractivity contribution in [2.45, 2.75) is 232 Å². The lowest BCUT2D eigenvalue weighted by Gasteiger charge is -2.18. The average molecular weight is 771 g/mol. The smallest absolute Gasteiger partial charge is 0.462 e. The van der Waals surface area contributed by atoms with Crippen molar-refractivity contribution in [3.05, 3.63) is 24.3 Å². The van der Waals surface area contributed by atoms with Crippen LogP contribution in [0.25, 0.3) is 0 Å². The molecule has 0 aromatic carbocycles. The molecule has 0 unspecified atom stereocenters. The second kappa shape index (κ2) is 40.2. The maximum atomic E-state index is 12.4. The molecule has 1 atom stereocenters. The third-order valence-corrected chi connectivity index (χ3v) is 10.2. The van der Waals surface area contributed by atoms with Gasteiger partial charge in [0.2, 0.25) is 0 Å². The second-order valence-electron chi connectivity index (χ2n) is 15.1. The molecule has 0 aliphatic heterocycles. The highest BCUT2D eigenvalue weighted by molar-refractivity contribution is 7.46. The van der Waals surface area contributed by atoms with E-state index < -0.39 is 32.5 Å². The molecule has 0 aromatic heterocycles. The number of phosphoric ester groups is 1. The highest BCUT2D eigenvalue weighted by atomic mass is 31.2. The van der Waals surface area contributed by atoms with E-state index in [-0.39, 0.29) is 19.4 Å². The summed E-state index contributed by atoms with van der Waals surface area (Å²) in [6.45, 7) is 3.68. The topological polar surface area (TPSA) is 119 Å². The highest BCUT2D eigenvalue weighted by Gasteiger charge is 2.22. The lowest BCUT2D eigenvalue weighted by Crippen LogP contribution is -2.29. The molecule has 0 heterocycles. The average Bonchev–Trinajstić information content (AvgIpc) is 3.13. The summed E-state index contributed by atoms with van der Waals surface area (Å²) in [6, 6.07) is 0. The predicted octanol–water partition coefficient (Wildman–Crippen LogP) is 13.6. The predicted molar refractivity (Wildman–Crippen MR) is 221 cm³/mol. The number of hydrogen-bond acceptors (Lipinski definition) is 6. The van der Waals surface area contributed by atoms with Crippen molar-refractivity contribution in [1.29, 1.82) is 0 Å². The van der Waals surface area contributed by atoms with E-state index >= 15 is 0 Å². The zero-order valence-corrected chi connectivity index (χ0v) is 35.3. The lowest BCUT2D eigenvalue weighted by molar-refractivity contribution is -0.161. The fraction of sp³-hybridized carbons (Fsp3) is 0.864. The van der Waals surface area contributed by atoms with Crippen LogP contribution in [-0.4, -0.2) is 41.0 Å². The number of allylic oxidation sites excluding steroid dienone is 4. The first-order valence-corrected chi connectivity index (χ1v) is 23.7. The van der Waals surface area contributed by atoms with Gasteiger partial charge in [0.05, 0.1) is 6.61 Å². The van der Waals surface area contributed by atoms with Crippen LogP contribution in [-0.2, 0) is 28.2 Å². The van der Waals surface area contributed by atoms with Gasteiger partial charge in [-0.25, -0.2) is 4.57 Å². The summed E-state index contributed by atoms with van der Waals surface area (Å²) in [4.78, 5) is 42.9. The Morgan fingerprint density at radius 3 is 1.23 bits per heavy atom. The summed E-state index contributed by atoms with van der Waals surface area (Å²) < 4.78 is 26.4.